The Morgan fingerprint density at radius 1 is 0.449 bits per heavy atom. The molecule has 0 rings (SSSR count). The topological polar surface area (TPSA) is 72.8 Å². The fraction of sp³-hybridized carbons (Fsp3) is 0.864. The van der Waals surface area contributed by atoms with Gasteiger partial charge in [0.05, 0.1) is 6.61 Å². The first-order chi connectivity index (χ1) is 24.1. The number of ether oxygens (including phenoxy) is 2. The molecular weight excluding hydrogens is 608 g/mol. The van der Waals surface area contributed by atoms with Gasteiger partial charge in [-0.15, -0.1) is 0 Å². The zero-order valence-electron chi connectivity index (χ0n) is 32.7. The van der Waals surface area contributed by atoms with Crippen molar-refractivity contribution in [3.05, 3.63) is 24.3 Å². The van der Waals surface area contributed by atoms with Crippen LogP contribution in [-0.4, -0.2) is 36.4 Å². The van der Waals surface area contributed by atoms with Gasteiger partial charge in [0, 0.05) is 12.8 Å². The van der Waals surface area contributed by atoms with Crippen molar-refractivity contribution < 1.29 is 24.2 Å². The molecule has 0 aromatic heterocycles. The number of carbonyl (C=O) groups is 2. The van der Waals surface area contributed by atoms with E-state index in [2.05, 4.69) is 38.2 Å². The van der Waals surface area contributed by atoms with E-state index in [0.717, 1.165) is 44.9 Å². The monoisotopic (exact) mass is 691 g/mol. The lowest BCUT2D eigenvalue weighted by molar-refractivity contribution is -0.161. The maximum atomic E-state index is 12.1. The van der Waals surface area contributed by atoms with Crippen LogP contribution in [0.3, 0.4) is 0 Å². The molecule has 0 aromatic rings. The maximum Gasteiger partial charge on any atom is 0.306 e. The molecule has 5 heteroatoms. The van der Waals surface area contributed by atoms with E-state index in [0.29, 0.717) is 12.8 Å². The van der Waals surface area contributed by atoms with E-state index in [-0.39, 0.29) is 25.2 Å². The number of hydrogen-bond donors (Lipinski definition) is 1. The summed E-state index contributed by atoms with van der Waals surface area (Å²) in [6.45, 7) is 4.10. The Morgan fingerprint density at radius 2 is 0.776 bits per heavy atom. The second-order valence-electron chi connectivity index (χ2n) is 14.4. The van der Waals surface area contributed by atoms with Gasteiger partial charge in [0.15, 0.2) is 6.10 Å². The van der Waals surface area contributed by atoms with Crippen LogP contribution in [0.15, 0.2) is 24.3 Å². The first kappa shape index (κ1) is 47.4. The summed E-state index contributed by atoms with van der Waals surface area (Å²) in [7, 11) is 0. The number of rotatable bonds is 39. The Hall–Kier alpha value is -1.62. The molecule has 0 saturated carbocycles. The number of allylic oxidation sites excluding steroid dienone is 4. The van der Waals surface area contributed by atoms with Crippen LogP contribution in [0.1, 0.15) is 226 Å². The highest BCUT2D eigenvalue weighted by Gasteiger charge is 2.16. The van der Waals surface area contributed by atoms with E-state index in [9.17, 15) is 14.7 Å². The second-order valence-corrected chi connectivity index (χ2v) is 14.4. The van der Waals surface area contributed by atoms with E-state index in [1.165, 1.54) is 154 Å². The smallest absolute Gasteiger partial charge is 0.306 e. The van der Waals surface area contributed by atoms with Gasteiger partial charge in [-0.25, -0.2) is 0 Å². The SMILES string of the molecule is CCCCC/C=C/CCCCCCCC(=O)O[C@@H](CO)COC(=O)CCC/C=C/CCCCCCCCCCCCCCCCCCCC. The summed E-state index contributed by atoms with van der Waals surface area (Å²) in [5.74, 6) is -0.632. The van der Waals surface area contributed by atoms with Crippen LogP contribution >= 0.6 is 0 Å². The highest BCUT2D eigenvalue weighted by Crippen LogP contribution is 2.15. The molecule has 0 unspecified atom stereocenters. The fourth-order valence-corrected chi connectivity index (χ4v) is 6.20. The summed E-state index contributed by atoms with van der Waals surface area (Å²) in [5.41, 5.74) is 0. The molecule has 0 spiro atoms. The molecule has 0 bridgehead atoms. The first-order valence-corrected chi connectivity index (χ1v) is 21.4. The third-order valence-corrected chi connectivity index (χ3v) is 9.47. The summed E-state index contributed by atoms with van der Waals surface area (Å²) in [4.78, 5) is 24.2. The lowest BCUT2D eigenvalue weighted by Gasteiger charge is -2.15. The van der Waals surface area contributed by atoms with Gasteiger partial charge in [-0.1, -0.05) is 179 Å². The van der Waals surface area contributed by atoms with Gasteiger partial charge < -0.3 is 14.6 Å². The largest absolute Gasteiger partial charge is 0.462 e. The first-order valence-electron chi connectivity index (χ1n) is 21.4. The van der Waals surface area contributed by atoms with Crippen molar-refractivity contribution in [1.29, 1.82) is 0 Å². The highest BCUT2D eigenvalue weighted by atomic mass is 16.6. The van der Waals surface area contributed by atoms with Gasteiger partial charge in [0.1, 0.15) is 6.61 Å². The standard InChI is InChI=1S/C44H82O5/c1-3-5-7-9-11-13-15-17-18-19-20-21-22-23-24-25-26-27-29-30-32-34-36-38-43(46)48-41-42(40-45)49-44(47)39-37-35-33-31-28-16-14-12-10-8-6-4-2/h12,14,30,32,42,45H,3-11,13,15-29,31,33-41H2,1-2H3/b14-12+,32-30+/t42-/m0/s1. The molecule has 0 aliphatic heterocycles. The molecule has 0 amide bonds. The minimum absolute atomic E-state index is 0.0811. The van der Waals surface area contributed by atoms with Crippen LogP contribution in [0.5, 0.6) is 0 Å². The normalized spacial score (nSPS) is 12.3. The lowest BCUT2D eigenvalue weighted by atomic mass is 10.0. The van der Waals surface area contributed by atoms with Gasteiger partial charge in [0.2, 0.25) is 0 Å². The van der Waals surface area contributed by atoms with Crippen LogP contribution in [0, 0.1) is 0 Å². The summed E-state index contributed by atoms with van der Waals surface area (Å²) in [6.07, 6.45) is 48.4. The van der Waals surface area contributed by atoms with E-state index in [4.69, 9.17) is 9.47 Å². The second kappa shape index (κ2) is 40.8. The van der Waals surface area contributed by atoms with Crippen molar-refractivity contribution in [1.82, 2.24) is 0 Å². The van der Waals surface area contributed by atoms with Gasteiger partial charge >= 0.3 is 11.9 Å². The molecule has 1 N–H and O–H groups in total. The van der Waals surface area contributed by atoms with Crippen LogP contribution in [0.4, 0.5) is 0 Å². The van der Waals surface area contributed by atoms with Crippen LogP contribution < -0.4 is 0 Å². The molecule has 0 radical (unpaired) electrons. The molecule has 49 heavy (non-hydrogen) atoms. The van der Waals surface area contributed by atoms with Crippen LogP contribution in [0.2, 0.25) is 0 Å². The Kier molecular flexibility index (Phi) is 39.5. The lowest BCUT2D eigenvalue weighted by Crippen LogP contribution is -2.28. The fourth-order valence-electron chi connectivity index (χ4n) is 6.20. The molecule has 0 aliphatic rings. The molecule has 0 fully saturated rings. The number of aliphatic hydroxyl groups is 1. The Labute approximate surface area is 304 Å². The zero-order valence-corrected chi connectivity index (χ0v) is 32.7. The van der Waals surface area contributed by atoms with E-state index < -0.39 is 6.10 Å². The Morgan fingerprint density at radius 3 is 1.20 bits per heavy atom. The summed E-state index contributed by atoms with van der Waals surface area (Å²) in [5, 5.41) is 9.54. The molecule has 0 saturated heterocycles. The van der Waals surface area contributed by atoms with E-state index in [1.54, 1.807) is 0 Å². The van der Waals surface area contributed by atoms with Gasteiger partial charge in [-0.2, -0.15) is 0 Å². The predicted octanol–water partition coefficient (Wildman–Crippen LogP) is 13.5. The number of hydrogen-bond acceptors (Lipinski definition) is 5. The van der Waals surface area contributed by atoms with Crippen molar-refractivity contribution in [3.8, 4) is 0 Å². The third-order valence-electron chi connectivity index (χ3n) is 9.47. The average Bonchev–Trinajstić information content (AvgIpc) is 3.10. The molecule has 1 atom stereocenters. The minimum Gasteiger partial charge on any atom is -0.462 e. The molecule has 0 aromatic carbocycles. The van der Waals surface area contributed by atoms with Crippen molar-refractivity contribution in [3.63, 3.8) is 0 Å². The molecule has 0 aliphatic carbocycles. The summed E-state index contributed by atoms with van der Waals surface area (Å²) >= 11 is 0. The number of carbonyl (C=O) groups excluding carboxylic acids is 2. The van der Waals surface area contributed by atoms with Crippen molar-refractivity contribution in [2.75, 3.05) is 13.2 Å². The molecular formula is C44H82O5. The predicted molar refractivity (Wildman–Crippen MR) is 210 cm³/mol. The van der Waals surface area contributed by atoms with Crippen molar-refractivity contribution in [2.24, 2.45) is 0 Å². The van der Waals surface area contributed by atoms with Crippen LogP contribution in [0.25, 0.3) is 0 Å². The maximum absolute atomic E-state index is 12.1. The van der Waals surface area contributed by atoms with Gasteiger partial charge in [-0.3, -0.25) is 9.59 Å². The zero-order chi connectivity index (χ0) is 35.7. The Balaban J connectivity index is 3.51. The Bertz CT molecular complexity index is 746. The van der Waals surface area contributed by atoms with Gasteiger partial charge in [-0.05, 0) is 57.8 Å². The third kappa shape index (κ3) is 39.0. The number of unbranched alkanes of at least 4 members (excludes halogenated alkanes) is 27. The van der Waals surface area contributed by atoms with E-state index in [1.807, 2.05) is 0 Å². The number of aliphatic hydroxyl groups excluding tert-OH is 1. The molecule has 288 valence electrons. The molecule has 0 heterocycles. The quantitative estimate of drug-likeness (QED) is 0.0395. The summed E-state index contributed by atoms with van der Waals surface area (Å²) < 4.78 is 10.6. The highest BCUT2D eigenvalue weighted by molar-refractivity contribution is 5.70. The average molecular weight is 691 g/mol. The minimum atomic E-state index is -0.783. The summed E-state index contributed by atoms with van der Waals surface area (Å²) in [6, 6.07) is 0. The molecule has 5 nitrogen and oxygen atoms in total. The van der Waals surface area contributed by atoms with Crippen molar-refractivity contribution in [2.45, 2.75) is 232 Å². The van der Waals surface area contributed by atoms with Crippen LogP contribution in [-0.2, 0) is 19.1 Å². The van der Waals surface area contributed by atoms with Gasteiger partial charge in [0.25, 0.3) is 0 Å². The number of esters is 2. The van der Waals surface area contributed by atoms with Crippen molar-refractivity contribution >= 4 is 11.9 Å². The van der Waals surface area contributed by atoms with E-state index >= 15 is 0 Å².